The van der Waals surface area contributed by atoms with Gasteiger partial charge in [-0.3, -0.25) is 0 Å². The van der Waals surface area contributed by atoms with Gasteiger partial charge in [0.2, 0.25) is 0 Å². The first kappa shape index (κ1) is 7.78. The Morgan fingerprint density at radius 2 is 2.33 bits per heavy atom. The second kappa shape index (κ2) is 2.89. The van der Waals surface area contributed by atoms with Crippen LogP contribution in [-0.2, 0) is 4.74 Å². The van der Waals surface area contributed by atoms with E-state index in [9.17, 15) is 0 Å². The van der Waals surface area contributed by atoms with E-state index in [1.54, 1.807) is 0 Å². The highest BCUT2D eigenvalue weighted by molar-refractivity contribution is 9.10. The van der Waals surface area contributed by atoms with Crippen LogP contribution in [0.25, 0.3) is 0 Å². The molecular formula is C9H6BrNO. The average molecular weight is 224 g/mol. The van der Waals surface area contributed by atoms with Crippen molar-refractivity contribution in [1.29, 1.82) is 5.26 Å². The van der Waals surface area contributed by atoms with Crippen LogP contribution in [0.1, 0.15) is 11.7 Å². The fraction of sp³-hybridized carbons (Fsp3) is 0.222. The van der Waals surface area contributed by atoms with E-state index in [0.717, 1.165) is 10.0 Å². The van der Waals surface area contributed by atoms with Crippen LogP contribution in [-0.4, -0.2) is 6.10 Å². The van der Waals surface area contributed by atoms with Gasteiger partial charge in [0, 0.05) is 4.47 Å². The van der Waals surface area contributed by atoms with Gasteiger partial charge in [-0.15, -0.1) is 0 Å². The molecule has 1 aromatic carbocycles. The summed E-state index contributed by atoms with van der Waals surface area (Å²) in [4.78, 5) is 0. The SMILES string of the molecule is N#CC1OC1c1cccc(Br)c1. The Kier molecular flexibility index (Phi) is 1.87. The third-order valence-electron chi connectivity index (χ3n) is 1.80. The van der Waals surface area contributed by atoms with Crippen molar-refractivity contribution < 1.29 is 4.74 Å². The fourth-order valence-electron chi connectivity index (χ4n) is 1.15. The molecule has 1 aliphatic heterocycles. The molecule has 1 aromatic rings. The second-order valence-electron chi connectivity index (χ2n) is 2.66. The van der Waals surface area contributed by atoms with Gasteiger partial charge in [0.05, 0.1) is 6.07 Å². The van der Waals surface area contributed by atoms with Crippen molar-refractivity contribution in [1.82, 2.24) is 0 Å². The third-order valence-corrected chi connectivity index (χ3v) is 2.29. The normalized spacial score (nSPS) is 26.3. The molecule has 1 heterocycles. The maximum Gasteiger partial charge on any atom is 0.175 e. The van der Waals surface area contributed by atoms with E-state index in [1.807, 2.05) is 24.3 Å². The molecule has 3 heteroatoms. The molecule has 0 aromatic heterocycles. The van der Waals surface area contributed by atoms with Crippen LogP contribution >= 0.6 is 15.9 Å². The maximum absolute atomic E-state index is 8.52. The Morgan fingerprint density at radius 3 is 2.92 bits per heavy atom. The predicted molar refractivity (Wildman–Crippen MR) is 47.4 cm³/mol. The van der Waals surface area contributed by atoms with Gasteiger partial charge in [-0.05, 0) is 17.7 Å². The van der Waals surface area contributed by atoms with E-state index in [4.69, 9.17) is 10.00 Å². The van der Waals surface area contributed by atoms with E-state index in [0.29, 0.717) is 0 Å². The monoisotopic (exact) mass is 223 g/mol. The van der Waals surface area contributed by atoms with Crippen LogP contribution in [0.15, 0.2) is 28.7 Å². The molecule has 1 fully saturated rings. The number of epoxide rings is 1. The van der Waals surface area contributed by atoms with Gasteiger partial charge < -0.3 is 4.74 Å². The zero-order valence-corrected chi connectivity index (χ0v) is 7.78. The minimum atomic E-state index is -0.237. The lowest BCUT2D eigenvalue weighted by molar-refractivity contribution is 0.396. The largest absolute Gasteiger partial charge is 0.348 e. The first-order chi connectivity index (χ1) is 5.81. The second-order valence-corrected chi connectivity index (χ2v) is 3.58. The molecule has 2 nitrogen and oxygen atoms in total. The summed E-state index contributed by atoms with van der Waals surface area (Å²) < 4.78 is 6.15. The van der Waals surface area contributed by atoms with Crippen molar-refractivity contribution in [2.24, 2.45) is 0 Å². The molecule has 0 bridgehead atoms. The first-order valence-corrected chi connectivity index (χ1v) is 4.41. The summed E-state index contributed by atoms with van der Waals surface area (Å²) in [6.45, 7) is 0. The number of hydrogen-bond donors (Lipinski definition) is 0. The predicted octanol–water partition coefficient (Wildman–Crippen LogP) is 2.41. The van der Waals surface area contributed by atoms with E-state index in [2.05, 4.69) is 22.0 Å². The van der Waals surface area contributed by atoms with Crippen LogP contribution in [0, 0.1) is 11.3 Å². The number of benzene rings is 1. The summed E-state index contributed by atoms with van der Waals surface area (Å²) in [6, 6.07) is 9.90. The van der Waals surface area contributed by atoms with Crippen molar-refractivity contribution in [3.8, 4) is 6.07 Å². The lowest BCUT2D eigenvalue weighted by Crippen LogP contribution is -1.83. The van der Waals surface area contributed by atoms with Crippen LogP contribution in [0.4, 0.5) is 0 Å². The van der Waals surface area contributed by atoms with Gasteiger partial charge in [-0.25, -0.2) is 0 Å². The summed E-state index contributed by atoms with van der Waals surface area (Å²) in [7, 11) is 0. The van der Waals surface area contributed by atoms with Gasteiger partial charge in [-0.1, -0.05) is 28.1 Å². The van der Waals surface area contributed by atoms with Crippen molar-refractivity contribution in [3.63, 3.8) is 0 Å². The minimum absolute atomic E-state index is 0.00694. The average Bonchev–Trinajstić information content (AvgIpc) is 2.83. The summed E-state index contributed by atoms with van der Waals surface area (Å²) in [5.74, 6) is 0. The molecule has 0 spiro atoms. The Bertz CT molecular complexity index is 345. The zero-order valence-electron chi connectivity index (χ0n) is 6.20. The molecule has 2 atom stereocenters. The van der Waals surface area contributed by atoms with Gasteiger partial charge in [-0.2, -0.15) is 5.26 Å². The molecule has 60 valence electrons. The molecule has 2 unspecified atom stereocenters. The summed E-state index contributed by atoms with van der Waals surface area (Å²) >= 11 is 3.36. The number of nitriles is 1. The molecule has 0 radical (unpaired) electrons. The van der Waals surface area contributed by atoms with Crippen molar-refractivity contribution in [2.75, 3.05) is 0 Å². The Labute approximate surface area is 78.9 Å². The molecule has 0 saturated carbocycles. The standard InChI is InChI=1S/C9H6BrNO/c10-7-3-1-2-6(4-7)9-8(5-11)12-9/h1-4,8-9H. The van der Waals surface area contributed by atoms with Gasteiger partial charge >= 0.3 is 0 Å². The summed E-state index contributed by atoms with van der Waals surface area (Å²) in [5.41, 5.74) is 1.07. The molecule has 1 aliphatic rings. The van der Waals surface area contributed by atoms with Crippen LogP contribution in [0.3, 0.4) is 0 Å². The molecule has 1 saturated heterocycles. The van der Waals surface area contributed by atoms with Gasteiger partial charge in [0.1, 0.15) is 6.10 Å². The Hall–Kier alpha value is -0.850. The quantitative estimate of drug-likeness (QED) is 0.686. The highest BCUT2D eigenvalue weighted by Gasteiger charge is 2.40. The Balaban J connectivity index is 2.21. The third kappa shape index (κ3) is 1.36. The van der Waals surface area contributed by atoms with Crippen LogP contribution < -0.4 is 0 Å². The number of rotatable bonds is 1. The lowest BCUT2D eigenvalue weighted by atomic mass is 10.1. The molecular weight excluding hydrogens is 218 g/mol. The fourth-order valence-corrected chi connectivity index (χ4v) is 1.56. The Morgan fingerprint density at radius 1 is 1.50 bits per heavy atom. The van der Waals surface area contributed by atoms with E-state index in [1.165, 1.54) is 0 Å². The van der Waals surface area contributed by atoms with Crippen LogP contribution in [0.2, 0.25) is 0 Å². The van der Waals surface area contributed by atoms with Gasteiger partial charge in [0.15, 0.2) is 6.10 Å². The molecule has 0 aliphatic carbocycles. The highest BCUT2D eigenvalue weighted by Crippen LogP contribution is 2.38. The van der Waals surface area contributed by atoms with Crippen molar-refractivity contribution >= 4 is 15.9 Å². The number of ether oxygens (including phenoxy) is 1. The molecule has 0 amide bonds. The van der Waals surface area contributed by atoms with Crippen molar-refractivity contribution in [2.45, 2.75) is 12.2 Å². The summed E-state index contributed by atoms with van der Waals surface area (Å²) in [6.07, 6.45) is -0.244. The molecule has 2 rings (SSSR count). The number of halogens is 1. The summed E-state index contributed by atoms with van der Waals surface area (Å²) in [5, 5.41) is 8.52. The van der Waals surface area contributed by atoms with E-state index >= 15 is 0 Å². The van der Waals surface area contributed by atoms with E-state index in [-0.39, 0.29) is 12.2 Å². The molecule has 12 heavy (non-hydrogen) atoms. The van der Waals surface area contributed by atoms with Crippen molar-refractivity contribution in [3.05, 3.63) is 34.3 Å². The highest BCUT2D eigenvalue weighted by atomic mass is 79.9. The topological polar surface area (TPSA) is 36.3 Å². The van der Waals surface area contributed by atoms with E-state index < -0.39 is 0 Å². The zero-order chi connectivity index (χ0) is 8.55. The van der Waals surface area contributed by atoms with Crippen LogP contribution in [0.5, 0.6) is 0 Å². The number of hydrogen-bond acceptors (Lipinski definition) is 2. The number of nitrogens with zero attached hydrogens (tertiary/aromatic N) is 1. The first-order valence-electron chi connectivity index (χ1n) is 3.62. The minimum Gasteiger partial charge on any atom is -0.348 e. The lowest BCUT2D eigenvalue weighted by Gasteiger charge is -1.94. The molecule has 0 N–H and O–H groups in total. The van der Waals surface area contributed by atoms with Gasteiger partial charge in [0.25, 0.3) is 0 Å². The smallest absolute Gasteiger partial charge is 0.175 e. The maximum atomic E-state index is 8.52.